The monoisotopic (exact) mass is 122 g/mol. The van der Waals surface area contributed by atoms with Gasteiger partial charge in [-0.3, -0.25) is 4.94 Å². The zero-order valence-electron chi connectivity index (χ0n) is 4.43. The number of aliphatic hydroxyl groups excluding tert-OH is 1. The first kappa shape index (κ1) is 7.36. The molecule has 0 aromatic heterocycles. The molecule has 0 saturated carbocycles. The average molecular weight is 122 g/mol. The second-order valence-corrected chi connectivity index (χ2v) is 1.50. The van der Waals surface area contributed by atoms with Gasteiger partial charge < -0.3 is 5.11 Å². The second-order valence-electron chi connectivity index (χ2n) is 1.50. The van der Waals surface area contributed by atoms with Crippen LogP contribution in [-0.4, -0.2) is 17.2 Å². The first-order valence-electron chi connectivity index (χ1n) is 2.16. The maximum Gasteiger partial charge on any atom is 0.351 e. The van der Waals surface area contributed by atoms with Crippen molar-refractivity contribution in [3.63, 3.8) is 0 Å². The highest BCUT2D eigenvalue weighted by Crippen LogP contribution is 1.91. The van der Waals surface area contributed by atoms with Crippen LogP contribution in [0, 0.1) is 0 Å². The van der Waals surface area contributed by atoms with E-state index < -0.39 is 12.1 Å². The fourth-order valence-corrected chi connectivity index (χ4v) is 0.273. The van der Waals surface area contributed by atoms with Crippen LogP contribution >= 0.6 is 0 Å². The van der Waals surface area contributed by atoms with E-state index in [1.807, 2.05) is 0 Å². The van der Waals surface area contributed by atoms with Crippen molar-refractivity contribution in [3.05, 3.63) is 0 Å². The van der Waals surface area contributed by atoms with E-state index in [0.717, 1.165) is 0 Å². The molecule has 0 aliphatic rings. The maximum atomic E-state index is 10.8. The van der Waals surface area contributed by atoms with Gasteiger partial charge in [0.1, 0.15) is 0 Å². The van der Waals surface area contributed by atoms with Crippen molar-refractivity contribution in [2.24, 2.45) is 0 Å². The van der Waals surface area contributed by atoms with E-state index in [2.05, 4.69) is 4.94 Å². The van der Waals surface area contributed by atoms with Crippen LogP contribution in [0.15, 0.2) is 0 Å². The Bertz CT molecular complexity index is 81.4. The fourth-order valence-electron chi connectivity index (χ4n) is 0.273. The van der Waals surface area contributed by atoms with Crippen molar-refractivity contribution in [3.8, 4) is 0 Å². The van der Waals surface area contributed by atoms with Crippen molar-refractivity contribution in [1.29, 1.82) is 0 Å². The first-order chi connectivity index (χ1) is 3.66. The van der Waals surface area contributed by atoms with Gasteiger partial charge in [0.2, 0.25) is 0 Å². The topological polar surface area (TPSA) is 46.5 Å². The minimum Gasteiger partial charge on any atom is -0.393 e. The van der Waals surface area contributed by atoms with Gasteiger partial charge in [0, 0.05) is 4.53 Å². The minimum atomic E-state index is -1.04. The van der Waals surface area contributed by atoms with Gasteiger partial charge in [-0.2, -0.15) is 0 Å². The zero-order chi connectivity index (χ0) is 6.57. The molecule has 0 fully saturated rings. The van der Waals surface area contributed by atoms with Gasteiger partial charge in [-0.05, 0) is 6.92 Å². The van der Waals surface area contributed by atoms with Crippen LogP contribution in [0.3, 0.4) is 0 Å². The highest BCUT2D eigenvalue weighted by Gasteiger charge is 2.06. The Morgan fingerprint density at radius 3 is 2.62 bits per heavy atom. The van der Waals surface area contributed by atoms with Crippen molar-refractivity contribution < 1.29 is 19.4 Å². The van der Waals surface area contributed by atoms with E-state index in [-0.39, 0.29) is 6.42 Å². The summed E-state index contributed by atoms with van der Waals surface area (Å²) < 4.78 is 10.8. The van der Waals surface area contributed by atoms with E-state index in [4.69, 9.17) is 5.11 Å². The largest absolute Gasteiger partial charge is 0.393 e. The van der Waals surface area contributed by atoms with Crippen LogP contribution < -0.4 is 0 Å². The normalized spacial score (nSPS) is 12.9. The quantitative estimate of drug-likeness (QED) is 0.568. The second kappa shape index (κ2) is 3.37. The highest BCUT2D eigenvalue weighted by atomic mass is 19.3. The molecule has 1 unspecified atom stereocenters. The van der Waals surface area contributed by atoms with Crippen molar-refractivity contribution >= 4 is 5.97 Å². The van der Waals surface area contributed by atoms with Gasteiger partial charge in [-0.25, -0.2) is 4.79 Å². The smallest absolute Gasteiger partial charge is 0.351 e. The summed E-state index contributed by atoms with van der Waals surface area (Å²) in [5.74, 6) is -1.04. The molecule has 0 aromatic carbocycles. The lowest BCUT2D eigenvalue weighted by molar-refractivity contribution is -0.185. The predicted octanol–water partition coefficient (Wildman–Crippen LogP) is 0.185. The van der Waals surface area contributed by atoms with Crippen molar-refractivity contribution in [2.45, 2.75) is 19.4 Å². The molecule has 0 rings (SSSR count). The molecule has 1 N–H and O–H groups in total. The summed E-state index contributed by atoms with van der Waals surface area (Å²) in [6.07, 6.45) is -1.13. The Kier molecular flexibility index (Phi) is 3.10. The fraction of sp³-hybridized carbons (Fsp3) is 0.750. The molecule has 0 aliphatic carbocycles. The molecule has 0 bridgehead atoms. The number of halogens is 1. The maximum absolute atomic E-state index is 10.8. The third kappa shape index (κ3) is 3.55. The van der Waals surface area contributed by atoms with Gasteiger partial charge >= 0.3 is 5.97 Å². The number of hydrogen-bond donors (Lipinski definition) is 1. The van der Waals surface area contributed by atoms with Crippen LogP contribution in [0.4, 0.5) is 4.53 Å². The number of aliphatic hydroxyl groups is 1. The standard InChI is InChI=1S/C4H7FO3/c1-3(6)2-4(7)8-5/h3,6H,2H2,1H3. The summed E-state index contributed by atoms with van der Waals surface area (Å²) in [5.41, 5.74) is 0. The van der Waals surface area contributed by atoms with E-state index in [1.54, 1.807) is 0 Å². The van der Waals surface area contributed by atoms with Crippen LogP contribution in [0.1, 0.15) is 13.3 Å². The Labute approximate surface area is 46.0 Å². The summed E-state index contributed by atoms with van der Waals surface area (Å²) in [7, 11) is 0. The van der Waals surface area contributed by atoms with Gasteiger partial charge in [-0.15, -0.1) is 0 Å². The first-order valence-corrected chi connectivity index (χ1v) is 2.16. The van der Waals surface area contributed by atoms with Crippen LogP contribution in [0.5, 0.6) is 0 Å². The summed E-state index contributed by atoms with van der Waals surface area (Å²) in [6, 6.07) is 0. The van der Waals surface area contributed by atoms with Crippen molar-refractivity contribution in [1.82, 2.24) is 0 Å². The van der Waals surface area contributed by atoms with Crippen LogP contribution in [0.25, 0.3) is 0 Å². The summed E-state index contributed by atoms with van der Waals surface area (Å²) in [5, 5.41) is 8.39. The van der Waals surface area contributed by atoms with Gasteiger partial charge in [0.05, 0.1) is 12.5 Å². The lowest BCUT2D eigenvalue weighted by Gasteiger charge is -1.95. The SMILES string of the molecule is CC(O)CC(=O)OF. The number of rotatable bonds is 2. The van der Waals surface area contributed by atoms with Crippen LogP contribution in [0.2, 0.25) is 0 Å². The van der Waals surface area contributed by atoms with Gasteiger partial charge in [0.25, 0.3) is 0 Å². The van der Waals surface area contributed by atoms with Gasteiger partial charge in [0.15, 0.2) is 0 Å². The molecule has 48 valence electrons. The molecule has 1 atom stereocenters. The average Bonchev–Trinajstić information content (AvgIpc) is 1.65. The summed E-state index contributed by atoms with van der Waals surface area (Å²) in [4.78, 5) is 12.6. The predicted molar refractivity (Wildman–Crippen MR) is 23.5 cm³/mol. The number of carbonyl (C=O) groups is 1. The Morgan fingerprint density at radius 2 is 2.50 bits per heavy atom. The van der Waals surface area contributed by atoms with Crippen LogP contribution in [-0.2, 0) is 9.74 Å². The molecule has 0 spiro atoms. The minimum absolute atomic E-state index is 0.295. The molecular formula is C4H7FO3. The highest BCUT2D eigenvalue weighted by molar-refractivity contribution is 5.69. The molecule has 0 saturated heterocycles. The lowest BCUT2D eigenvalue weighted by atomic mass is 10.3. The van der Waals surface area contributed by atoms with Crippen molar-refractivity contribution in [2.75, 3.05) is 0 Å². The zero-order valence-corrected chi connectivity index (χ0v) is 4.43. The van der Waals surface area contributed by atoms with E-state index >= 15 is 0 Å². The number of hydrogen-bond acceptors (Lipinski definition) is 3. The molecular weight excluding hydrogens is 115 g/mol. The molecule has 0 aromatic rings. The molecule has 8 heavy (non-hydrogen) atoms. The Hall–Kier alpha value is -0.640. The van der Waals surface area contributed by atoms with E-state index in [1.165, 1.54) is 6.92 Å². The summed E-state index contributed by atoms with van der Waals surface area (Å²) in [6.45, 7) is 1.37. The molecule has 0 aliphatic heterocycles. The van der Waals surface area contributed by atoms with Gasteiger partial charge in [-0.1, -0.05) is 0 Å². The van der Waals surface area contributed by atoms with E-state index in [0.29, 0.717) is 0 Å². The Balaban J connectivity index is 3.25. The lowest BCUT2D eigenvalue weighted by Crippen LogP contribution is -2.08. The third-order valence-corrected chi connectivity index (χ3v) is 0.548. The summed E-state index contributed by atoms with van der Waals surface area (Å²) >= 11 is 0. The third-order valence-electron chi connectivity index (χ3n) is 0.548. The molecule has 4 heteroatoms. The number of carbonyl (C=O) groups excluding carboxylic acids is 1. The molecule has 0 amide bonds. The molecule has 0 heterocycles. The Morgan fingerprint density at radius 1 is 2.00 bits per heavy atom. The molecule has 3 nitrogen and oxygen atoms in total. The van der Waals surface area contributed by atoms with E-state index in [9.17, 15) is 9.32 Å². The molecule has 0 radical (unpaired) electrons.